The van der Waals surface area contributed by atoms with Gasteiger partial charge < -0.3 is 5.11 Å². The van der Waals surface area contributed by atoms with Crippen LogP contribution in [0, 0.1) is 6.92 Å². The van der Waals surface area contributed by atoms with Gasteiger partial charge in [0.25, 0.3) is 0 Å². The first-order valence-electron chi connectivity index (χ1n) is 3.65. The van der Waals surface area contributed by atoms with Crippen LogP contribution in [0.4, 0.5) is 0 Å². The lowest BCUT2D eigenvalue weighted by Gasteiger charge is -1.97. The lowest BCUT2D eigenvalue weighted by molar-refractivity contribution is -0.137. The molecule has 0 atom stereocenters. The fourth-order valence-corrected chi connectivity index (χ4v) is 0.964. The highest BCUT2D eigenvalue weighted by Gasteiger charge is 2.13. The van der Waals surface area contributed by atoms with Crippen molar-refractivity contribution in [3.05, 3.63) is 11.4 Å². The van der Waals surface area contributed by atoms with Gasteiger partial charge in [-0.1, -0.05) is 5.21 Å². The quantitative estimate of drug-likeness (QED) is 0.660. The van der Waals surface area contributed by atoms with E-state index in [1.807, 2.05) is 0 Å². The molecule has 0 saturated carbocycles. The summed E-state index contributed by atoms with van der Waals surface area (Å²) in [5.41, 5.74) is 0.705. The minimum absolute atomic E-state index is 0.214. The maximum absolute atomic E-state index is 10.9. The molecule has 0 radical (unpaired) electrons. The standard InChI is InChI=1S/C7H9N3O3/c1-4-7(5(2)11)8-9-10(4)3-6(12)13/h3H2,1-2H3,(H,12,13). The van der Waals surface area contributed by atoms with Crippen molar-refractivity contribution in [3.63, 3.8) is 0 Å². The third kappa shape index (κ3) is 1.90. The predicted octanol–water partition coefficient (Wildman–Crippen LogP) is -0.126. The highest BCUT2D eigenvalue weighted by Crippen LogP contribution is 2.03. The van der Waals surface area contributed by atoms with Gasteiger partial charge >= 0.3 is 5.97 Å². The van der Waals surface area contributed by atoms with Crippen molar-refractivity contribution in [2.75, 3.05) is 0 Å². The Morgan fingerprint density at radius 3 is 2.54 bits per heavy atom. The molecule has 0 spiro atoms. The molecule has 0 amide bonds. The molecule has 0 aromatic carbocycles. The Morgan fingerprint density at radius 2 is 2.15 bits per heavy atom. The summed E-state index contributed by atoms with van der Waals surface area (Å²) in [6.07, 6.45) is 0. The van der Waals surface area contributed by atoms with Gasteiger partial charge in [0.05, 0.1) is 5.69 Å². The second-order valence-corrected chi connectivity index (χ2v) is 2.63. The zero-order valence-electron chi connectivity index (χ0n) is 7.31. The van der Waals surface area contributed by atoms with E-state index in [1.54, 1.807) is 6.92 Å². The van der Waals surface area contributed by atoms with Crippen LogP contribution in [0.3, 0.4) is 0 Å². The summed E-state index contributed by atoms with van der Waals surface area (Å²) in [5, 5.41) is 15.6. The molecule has 1 N–H and O–H groups in total. The van der Waals surface area contributed by atoms with Gasteiger partial charge in [0.1, 0.15) is 6.54 Å². The number of nitrogens with zero attached hydrogens (tertiary/aromatic N) is 3. The molecular formula is C7H9N3O3. The van der Waals surface area contributed by atoms with Crippen molar-refractivity contribution in [2.45, 2.75) is 20.4 Å². The van der Waals surface area contributed by atoms with Crippen molar-refractivity contribution >= 4 is 11.8 Å². The lowest BCUT2D eigenvalue weighted by atomic mass is 10.2. The number of aromatic nitrogens is 3. The van der Waals surface area contributed by atoms with Crippen molar-refractivity contribution in [1.29, 1.82) is 0 Å². The van der Waals surface area contributed by atoms with Gasteiger partial charge in [-0.05, 0) is 6.92 Å². The van der Waals surface area contributed by atoms with Crippen LogP contribution >= 0.6 is 0 Å². The number of carboxylic acid groups (broad SMARTS) is 1. The van der Waals surface area contributed by atoms with E-state index in [4.69, 9.17) is 5.11 Å². The molecule has 13 heavy (non-hydrogen) atoms. The van der Waals surface area contributed by atoms with Crippen molar-refractivity contribution in [3.8, 4) is 0 Å². The summed E-state index contributed by atoms with van der Waals surface area (Å²) >= 11 is 0. The van der Waals surface area contributed by atoms with E-state index in [9.17, 15) is 9.59 Å². The van der Waals surface area contributed by atoms with Gasteiger partial charge in [0, 0.05) is 6.92 Å². The van der Waals surface area contributed by atoms with Crippen molar-refractivity contribution in [2.24, 2.45) is 0 Å². The molecule has 0 unspecified atom stereocenters. The average molecular weight is 183 g/mol. The maximum Gasteiger partial charge on any atom is 0.325 e. The van der Waals surface area contributed by atoms with Crippen LogP contribution in [0.1, 0.15) is 23.1 Å². The normalized spacial score (nSPS) is 10.0. The zero-order chi connectivity index (χ0) is 10.0. The fraction of sp³-hybridized carbons (Fsp3) is 0.429. The first-order valence-corrected chi connectivity index (χ1v) is 3.65. The molecular weight excluding hydrogens is 174 g/mol. The number of hydrogen-bond acceptors (Lipinski definition) is 4. The van der Waals surface area contributed by atoms with E-state index in [0.29, 0.717) is 5.69 Å². The Morgan fingerprint density at radius 1 is 1.54 bits per heavy atom. The lowest BCUT2D eigenvalue weighted by Crippen LogP contribution is -2.12. The minimum Gasteiger partial charge on any atom is -0.480 e. The molecule has 0 aliphatic rings. The maximum atomic E-state index is 10.9. The van der Waals surface area contributed by atoms with E-state index in [1.165, 1.54) is 11.6 Å². The van der Waals surface area contributed by atoms with Gasteiger partial charge in [-0.25, -0.2) is 4.68 Å². The summed E-state index contributed by atoms with van der Waals surface area (Å²) in [6, 6.07) is 0. The molecule has 1 rings (SSSR count). The molecule has 1 heterocycles. The smallest absolute Gasteiger partial charge is 0.325 e. The number of Topliss-reactive ketones (excluding diaryl/α,β-unsaturated/α-hetero) is 1. The highest BCUT2D eigenvalue weighted by molar-refractivity contribution is 5.93. The molecule has 70 valence electrons. The Bertz CT molecular complexity index is 356. The van der Waals surface area contributed by atoms with E-state index >= 15 is 0 Å². The van der Waals surface area contributed by atoms with Crippen molar-refractivity contribution < 1.29 is 14.7 Å². The van der Waals surface area contributed by atoms with Crippen LogP contribution in [0.2, 0.25) is 0 Å². The molecule has 1 aromatic heterocycles. The Balaban J connectivity index is 2.99. The van der Waals surface area contributed by atoms with Crippen LogP contribution in [0.25, 0.3) is 0 Å². The number of hydrogen-bond donors (Lipinski definition) is 1. The number of aliphatic carboxylic acids is 1. The summed E-state index contributed by atoms with van der Waals surface area (Å²) in [6.45, 7) is 2.70. The zero-order valence-corrected chi connectivity index (χ0v) is 7.31. The monoisotopic (exact) mass is 183 g/mol. The summed E-state index contributed by atoms with van der Waals surface area (Å²) in [7, 11) is 0. The van der Waals surface area contributed by atoms with Crippen LogP contribution in [-0.2, 0) is 11.3 Å². The second-order valence-electron chi connectivity index (χ2n) is 2.63. The third-order valence-corrected chi connectivity index (χ3v) is 1.60. The fourth-order valence-electron chi connectivity index (χ4n) is 0.964. The summed E-state index contributed by atoms with van der Waals surface area (Å²) in [4.78, 5) is 21.2. The van der Waals surface area contributed by atoms with E-state index in [0.717, 1.165) is 0 Å². The third-order valence-electron chi connectivity index (χ3n) is 1.60. The van der Waals surface area contributed by atoms with Crippen LogP contribution in [0.15, 0.2) is 0 Å². The van der Waals surface area contributed by atoms with E-state index < -0.39 is 5.97 Å². The number of rotatable bonds is 3. The van der Waals surface area contributed by atoms with Crippen LogP contribution in [0.5, 0.6) is 0 Å². The van der Waals surface area contributed by atoms with Crippen LogP contribution in [-0.4, -0.2) is 31.9 Å². The van der Waals surface area contributed by atoms with Crippen molar-refractivity contribution in [1.82, 2.24) is 15.0 Å². The first kappa shape index (κ1) is 9.37. The Labute approximate surface area is 74.2 Å². The molecule has 0 bridgehead atoms. The summed E-state index contributed by atoms with van der Waals surface area (Å²) < 4.78 is 1.18. The molecule has 6 heteroatoms. The number of ketones is 1. The largest absolute Gasteiger partial charge is 0.480 e. The van der Waals surface area contributed by atoms with Gasteiger partial charge in [0.2, 0.25) is 0 Å². The van der Waals surface area contributed by atoms with Gasteiger partial charge in [-0.2, -0.15) is 0 Å². The molecule has 0 fully saturated rings. The summed E-state index contributed by atoms with van der Waals surface area (Å²) in [5.74, 6) is -1.22. The molecule has 0 aliphatic heterocycles. The van der Waals surface area contributed by atoms with Crippen LogP contribution < -0.4 is 0 Å². The predicted molar refractivity (Wildman–Crippen MR) is 42.4 cm³/mol. The molecule has 1 aromatic rings. The van der Waals surface area contributed by atoms with Gasteiger partial charge in [0.15, 0.2) is 11.5 Å². The molecule has 0 aliphatic carbocycles. The second kappa shape index (κ2) is 3.34. The Hall–Kier alpha value is -1.72. The minimum atomic E-state index is -1.01. The first-order chi connectivity index (χ1) is 6.02. The van der Waals surface area contributed by atoms with E-state index in [-0.39, 0.29) is 18.0 Å². The average Bonchev–Trinajstić information content (AvgIpc) is 2.32. The SMILES string of the molecule is CC(=O)c1nnn(CC(=O)O)c1C. The Kier molecular flexibility index (Phi) is 2.41. The number of carbonyl (C=O) groups excluding carboxylic acids is 1. The molecule has 6 nitrogen and oxygen atoms in total. The van der Waals surface area contributed by atoms with Gasteiger partial charge in [-0.3, -0.25) is 9.59 Å². The topological polar surface area (TPSA) is 85.1 Å². The van der Waals surface area contributed by atoms with E-state index in [2.05, 4.69) is 10.3 Å². The highest BCUT2D eigenvalue weighted by atomic mass is 16.4. The molecule has 0 saturated heterocycles. The number of carboxylic acids is 1. The van der Waals surface area contributed by atoms with Gasteiger partial charge in [-0.15, -0.1) is 5.10 Å². The number of carbonyl (C=O) groups is 2.